The van der Waals surface area contributed by atoms with Gasteiger partial charge in [0.2, 0.25) is 5.91 Å². The van der Waals surface area contributed by atoms with Gasteiger partial charge >= 0.3 is 6.03 Å². The largest absolute Gasteiger partial charge is 0.361 e. The Bertz CT molecular complexity index is 1300. The number of carbonyl (C=O) groups is 3. The second kappa shape index (κ2) is 9.12. The lowest BCUT2D eigenvalue weighted by Gasteiger charge is -2.43. The summed E-state index contributed by atoms with van der Waals surface area (Å²) in [4.78, 5) is 43.7. The minimum atomic E-state index is -0.908. The van der Waals surface area contributed by atoms with Crippen LogP contribution >= 0.6 is 0 Å². The average Bonchev–Trinajstić information content (AvgIpc) is 3.33. The summed E-state index contributed by atoms with van der Waals surface area (Å²) in [5, 5.41) is 7.04. The molecule has 3 unspecified atom stereocenters. The summed E-state index contributed by atoms with van der Waals surface area (Å²) < 4.78 is 0. The monoisotopic (exact) mass is 486 g/mol. The first-order valence-electron chi connectivity index (χ1n) is 12.7. The fourth-order valence-electron chi connectivity index (χ4n) is 6.54. The number of imide groups is 1. The van der Waals surface area contributed by atoms with Gasteiger partial charge in [-0.05, 0) is 47.8 Å². The third-order valence-electron chi connectivity index (χ3n) is 7.63. The molecule has 188 valence electrons. The van der Waals surface area contributed by atoms with E-state index in [-0.39, 0.29) is 29.7 Å². The van der Waals surface area contributed by atoms with Crippen LogP contribution < -0.4 is 10.6 Å². The number of nitrogens with zero attached hydrogens (tertiary/aromatic N) is 1. The number of benzene rings is 2. The van der Waals surface area contributed by atoms with Crippen LogP contribution in [0.15, 0.2) is 60.8 Å². The molecular weight excluding hydrogens is 452 g/mol. The highest BCUT2D eigenvalue weighted by molar-refractivity contribution is 6.09. The second-order valence-electron chi connectivity index (χ2n) is 11.3. The number of para-hydroxylation sites is 1. The molecule has 5 rings (SSSR count). The Kier molecular flexibility index (Phi) is 6.10. The van der Waals surface area contributed by atoms with Crippen LogP contribution in [-0.2, 0) is 9.59 Å². The minimum Gasteiger partial charge on any atom is -0.361 e. The highest BCUT2D eigenvalue weighted by atomic mass is 16.2. The van der Waals surface area contributed by atoms with Crippen molar-refractivity contribution in [1.29, 1.82) is 0 Å². The molecule has 1 aliphatic carbocycles. The summed E-state index contributed by atoms with van der Waals surface area (Å²) >= 11 is 0. The van der Waals surface area contributed by atoms with Gasteiger partial charge in [0, 0.05) is 29.6 Å². The molecule has 7 heteroatoms. The number of aromatic amines is 1. The van der Waals surface area contributed by atoms with Crippen LogP contribution in [0.25, 0.3) is 10.9 Å². The summed E-state index contributed by atoms with van der Waals surface area (Å²) in [6, 6.07) is 17.6. The summed E-state index contributed by atoms with van der Waals surface area (Å²) in [6.45, 7) is 6.45. The predicted molar refractivity (Wildman–Crippen MR) is 139 cm³/mol. The standard InChI is InChI=1S/C29H34N4O3/c1-19-13-28(2,3)18-29(14-19)26(35)33(27(36)32-29)17-25(34)31-15-22(20-9-5-4-6-10-20)23-16-30-24-12-8-7-11-21(23)24/h4-12,16,19,22,30H,13-15,17-18H2,1-3H3,(H,31,34)(H,32,36). The van der Waals surface area contributed by atoms with Crippen LogP contribution in [-0.4, -0.2) is 46.4 Å². The molecule has 3 N–H and O–H groups in total. The Hall–Kier alpha value is -3.61. The summed E-state index contributed by atoms with van der Waals surface area (Å²) in [5.41, 5.74) is 2.24. The van der Waals surface area contributed by atoms with Crippen molar-refractivity contribution in [1.82, 2.24) is 20.5 Å². The van der Waals surface area contributed by atoms with Crippen molar-refractivity contribution in [2.24, 2.45) is 11.3 Å². The Morgan fingerprint density at radius 3 is 2.56 bits per heavy atom. The average molecular weight is 487 g/mol. The van der Waals surface area contributed by atoms with E-state index in [0.717, 1.165) is 33.4 Å². The lowest BCUT2D eigenvalue weighted by atomic mass is 9.64. The lowest BCUT2D eigenvalue weighted by molar-refractivity contribution is -0.137. The zero-order chi connectivity index (χ0) is 25.5. The molecule has 4 amide bonds. The van der Waals surface area contributed by atoms with E-state index in [1.54, 1.807) is 0 Å². The number of fused-ring (bicyclic) bond motifs is 1. The van der Waals surface area contributed by atoms with Crippen molar-refractivity contribution in [3.8, 4) is 0 Å². The van der Waals surface area contributed by atoms with Crippen LogP contribution in [0.4, 0.5) is 4.79 Å². The smallest absolute Gasteiger partial charge is 0.325 e. The molecule has 1 spiro atoms. The molecule has 2 aliphatic rings. The van der Waals surface area contributed by atoms with Crippen molar-refractivity contribution in [3.63, 3.8) is 0 Å². The maximum Gasteiger partial charge on any atom is 0.325 e. The van der Waals surface area contributed by atoms with Crippen LogP contribution in [0.2, 0.25) is 0 Å². The van der Waals surface area contributed by atoms with Crippen LogP contribution in [0, 0.1) is 11.3 Å². The number of amides is 4. The van der Waals surface area contributed by atoms with E-state index in [0.29, 0.717) is 25.3 Å². The van der Waals surface area contributed by atoms with Gasteiger partial charge in [-0.25, -0.2) is 4.79 Å². The molecule has 7 nitrogen and oxygen atoms in total. The van der Waals surface area contributed by atoms with Gasteiger partial charge < -0.3 is 15.6 Å². The third kappa shape index (κ3) is 4.50. The zero-order valence-corrected chi connectivity index (χ0v) is 21.1. The summed E-state index contributed by atoms with van der Waals surface area (Å²) in [5.74, 6) is -0.395. The Morgan fingerprint density at radius 1 is 1.08 bits per heavy atom. The summed E-state index contributed by atoms with van der Waals surface area (Å²) in [7, 11) is 0. The second-order valence-corrected chi connectivity index (χ2v) is 11.3. The van der Waals surface area contributed by atoms with Crippen LogP contribution in [0.3, 0.4) is 0 Å². The van der Waals surface area contributed by atoms with Crippen molar-refractivity contribution < 1.29 is 14.4 Å². The zero-order valence-electron chi connectivity index (χ0n) is 21.1. The van der Waals surface area contributed by atoms with Crippen molar-refractivity contribution in [3.05, 3.63) is 71.9 Å². The number of hydrogen-bond donors (Lipinski definition) is 3. The van der Waals surface area contributed by atoms with Crippen LogP contribution in [0.1, 0.15) is 57.1 Å². The molecule has 2 heterocycles. The van der Waals surface area contributed by atoms with Crippen molar-refractivity contribution >= 4 is 28.7 Å². The lowest BCUT2D eigenvalue weighted by Crippen LogP contribution is -2.54. The van der Waals surface area contributed by atoms with E-state index in [2.05, 4.69) is 42.5 Å². The molecule has 36 heavy (non-hydrogen) atoms. The maximum absolute atomic E-state index is 13.4. The molecule has 3 aromatic rings. The Labute approximate surface area is 211 Å². The van der Waals surface area contributed by atoms with E-state index >= 15 is 0 Å². The van der Waals surface area contributed by atoms with Gasteiger partial charge in [0.15, 0.2) is 0 Å². The molecule has 1 saturated carbocycles. The first-order chi connectivity index (χ1) is 17.2. The van der Waals surface area contributed by atoms with Gasteiger partial charge in [0.05, 0.1) is 0 Å². The van der Waals surface area contributed by atoms with E-state index in [9.17, 15) is 14.4 Å². The number of nitrogens with one attached hydrogen (secondary N) is 3. The predicted octanol–water partition coefficient (Wildman–Crippen LogP) is 4.55. The highest BCUT2D eigenvalue weighted by Gasteiger charge is 2.56. The van der Waals surface area contributed by atoms with E-state index in [1.807, 2.05) is 54.7 Å². The SMILES string of the molecule is CC1CC(C)(C)CC2(C1)NC(=O)N(CC(=O)NCC(c1ccccc1)c1c[nH]c3ccccc13)C2=O. The number of H-pyrrole nitrogens is 1. The van der Waals surface area contributed by atoms with E-state index in [1.165, 1.54) is 0 Å². The molecule has 3 atom stereocenters. The number of urea groups is 1. The molecule has 1 saturated heterocycles. The molecule has 2 aromatic carbocycles. The normalized spacial score (nSPS) is 24.2. The molecule has 2 fully saturated rings. The summed E-state index contributed by atoms with van der Waals surface area (Å²) in [6.07, 6.45) is 4.19. The third-order valence-corrected chi connectivity index (χ3v) is 7.63. The number of aromatic nitrogens is 1. The van der Waals surface area contributed by atoms with Gasteiger partial charge in [0.25, 0.3) is 5.91 Å². The van der Waals surface area contributed by atoms with E-state index in [4.69, 9.17) is 0 Å². The Balaban J connectivity index is 1.31. The van der Waals surface area contributed by atoms with Crippen LogP contribution in [0.5, 0.6) is 0 Å². The minimum absolute atomic E-state index is 0.0545. The topological polar surface area (TPSA) is 94.3 Å². The van der Waals surface area contributed by atoms with Crippen molar-refractivity contribution in [2.75, 3.05) is 13.1 Å². The maximum atomic E-state index is 13.4. The van der Waals surface area contributed by atoms with Gasteiger partial charge in [-0.15, -0.1) is 0 Å². The quantitative estimate of drug-likeness (QED) is 0.446. The number of carbonyl (C=O) groups excluding carboxylic acids is 3. The molecule has 0 bridgehead atoms. The molecule has 1 aliphatic heterocycles. The van der Waals surface area contributed by atoms with Gasteiger partial charge in [-0.3, -0.25) is 14.5 Å². The first-order valence-corrected chi connectivity index (χ1v) is 12.7. The van der Waals surface area contributed by atoms with E-state index < -0.39 is 11.6 Å². The van der Waals surface area contributed by atoms with Gasteiger partial charge in [0.1, 0.15) is 12.1 Å². The number of rotatable bonds is 6. The van der Waals surface area contributed by atoms with Gasteiger partial charge in [-0.1, -0.05) is 69.3 Å². The van der Waals surface area contributed by atoms with Gasteiger partial charge in [-0.2, -0.15) is 0 Å². The number of hydrogen-bond acceptors (Lipinski definition) is 3. The van der Waals surface area contributed by atoms with Crippen molar-refractivity contribution in [2.45, 2.75) is 51.5 Å². The highest BCUT2D eigenvalue weighted by Crippen LogP contribution is 2.46. The fraction of sp³-hybridized carbons (Fsp3) is 0.414. The Morgan fingerprint density at radius 2 is 1.81 bits per heavy atom. The molecule has 1 aromatic heterocycles. The first kappa shape index (κ1) is 24.1. The molecule has 0 radical (unpaired) electrons. The molecular formula is C29H34N4O3. The fourth-order valence-corrected chi connectivity index (χ4v) is 6.54.